The van der Waals surface area contributed by atoms with Crippen molar-refractivity contribution in [3.05, 3.63) is 24.3 Å². The van der Waals surface area contributed by atoms with E-state index in [-0.39, 0.29) is 12.5 Å². The highest BCUT2D eigenvalue weighted by Gasteiger charge is 2.44. The molecule has 0 radical (unpaired) electrons. The predicted octanol–water partition coefficient (Wildman–Crippen LogP) is 11.8. The number of unbranched alkanes of at least 4 members (excludes halogenated alkanes) is 32. The van der Waals surface area contributed by atoms with Crippen LogP contribution in [-0.4, -0.2) is 87.5 Å². The largest absolute Gasteiger partial charge is 0.394 e. The molecule has 61 heavy (non-hydrogen) atoms. The van der Waals surface area contributed by atoms with Crippen molar-refractivity contribution >= 4 is 5.91 Å². The van der Waals surface area contributed by atoms with Crippen LogP contribution in [0.15, 0.2) is 24.3 Å². The van der Waals surface area contributed by atoms with E-state index in [1.807, 2.05) is 6.08 Å². The molecule has 360 valence electrons. The maximum atomic E-state index is 13.0. The van der Waals surface area contributed by atoms with Gasteiger partial charge in [-0.25, -0.2) is 0 Å². The van der Waals surface area contributed by atoms with Crippen LogP contribution in [0.1, 0.15) is 245 Å². The summed E-state index contributed by atoms with van der Waals surface area (Å²) in [7, 11) is 0. The van der Waals surface area contributed by atoms with E-state index in [0.29, 0.717) is 6.42 Å². The van der Waals surface area contributed by atoms with Gasteiger partial charge in [0.05, 0.1) is 25.4 Å². The summed E-state index contributed by atoms with van der Waals surface area (Å²) < 4.78 is 11.2. The zero-order chi connectivity index (χ0) is 44.4. The van der Waals surface area contributed by atoms with Gasteiger partial charge in [0.2, 0.25) is 5.91 Å². The van der Waals surface area contributed by atoms with Crippen LogP contribution in [0.25, 0.3) is 0 Å². The summed E-state index contributed by atoms with van der Waals surface area (Å²) >= 11 is 0. The second-order valence-corrected chi connectivity index (χ2v) is 18.3. The van der Waals surface area contributed by atoms with Crippen molar-refractivity contribution < 1.29 is 39.8 Å². The number of allylic oxidation sites excluding steroid dienone is 3. The fourth-order valence-electron chi connectivity index (χ4n) is 8.35. The van der Waals surface area contributed by atoms with Crippen LogP contribution in [0, 0.1) is 0 Å². The SMILES string of the molecule is CCCCCCCC/C=C/CC/C=C/C(O)C(COC1OC(CO)C(O)C(O)C1O)NC(=O)CCCCCCCCCCCCCCCCCCCCCCCCCCCC. The summed E-state index contributed by atoms with van der Waals surface area (Å²) in [6, 6.07) is -0.816. The monoisotopic (exact) mass is 866 g/mol. The number of carbonyl (C=O) groups is 1. The molecule has 1 aliphatic heterocycles. The minimum atomic E-state index is -1.57. The molecule has 1 aliphatic rings. The second kappa shape index (κ2) is 42.6. The Labute approximate surface area is 375 Å². The molecule has 7 unspecified atom stereocenters. The highest BCUT2D eigenvalue weighted by atomic mass is 16.7. The van der Waals surface area contributed by atoms with Gasteiger partial charge in [0, 0.05) is 6.42 Å². The summed E-state index contributed by atoms with van der Waals surface area (Å²) in [5.41, 5.74) is 0. The Bertz CT molecular complexity index is 1010. The summed E-state index contributed by atoms with van der Waals surface area (Å²) in [6.45, 7) is 3.76. The molecule has 9 heteroatoms. The maximum absolute atomic E-state index is 13.0. The van der Waals surface area contributed by atoms with E-state index in [0.717, 1.165) is 38.5 Å². The van der Waals surface area contributed by atoms with Crippen LogP contribution >= 0.6 is 0 Å². The first-order valence-electron chi connectivity index (χ1n) is 26.1. The molecule has 0 aromatic rings. The fourth-order valence-corrected chi connectivity index (χ4v) is 8.35. The molecule has 1 rings (SSSR count). The molecular formula is C52H99NO8. The van der Waals surface area contributed by atoms with E-state index in [4.69, 9.17) is 9.47 Å². The normalized spacial score (nSPS) is 20.5. The summed E-state index contributed by atoms with van der Waals surface area (Å²) in [6.07, 6.45) is 45.4. The number of nitrogens with one attached hydrogen (secondary N) is 1. The molecule has 6 N–H and O–H groups in total. The lowest BCUT2D eigenvalue weighted by molar-refractivity contribution is -0.302. The zero-order valence-corrected chi connectivity index (χ0v) is 39.7. The van der Waals surface area contributed by atoms with Crippen LogP contribution in [0.4, 0.5) is 0 Å². The number of carbonyl (C=O) groups excluding carboxylic acids is 1. The minimum Gasteiger partial charge on any atom is -0.394 e. The zero-order valence-electron chi connectivity index (χ0n) is 39.7. The van der Waals surface area contributed by atoms with Gasteiger partial charge in [-0.3, -0.25) is 4.79 Å². The Hall–Kier alpha value is -1.33. The van der Waals surface area contributed by atoms with Gasteiger partial charge in [-0.15, -0.1) is 0 Å². The second-order valence-electron chi connectivity index (χ2n) is 18.3. The molecule has 1 fully saturated rings. The molecule has 0 aromatic heterocycles. The number of ether oxygens (including phenoxy) is 2. The van der Waals surface area contributed by atoms with Crippen LogP contribution in [0.3, 0.4) is 0 Å². The number of rotatable bonds is 44. The van der Waals surface area contributed by atoms with E-state index in [1.54, 1.807) is 6.08 Å². The molecule has 0 saturated carbocycles. The van der Waals surface area contributed by atoms with Crippen molar-refractivity contribution in [1.29, 1.82) is 0 Å². The average molecular weight is 866 g/mol. The number of aliphatic hydroxyl groups excluding tert-OH is 5. The first-order valence-corrected chi connectivity index (χ1v) is 26.1. The Morgan fingerprint density at radius 1 is 0.541 bits per heavy atom. The first kappa shape index (κ1) is 57.7. The van der Waals surface area contributed by atoms with Gasteiger partial charge in [0.15, 0.2) is 6.29 Å². The van der Waals surface area contributed by atoms with E-state index in [2.05, 4.69) is 31.3 Å². The summed E-state index contributed by atoms with van der Waals surface area (Å²) in [4.78, 5) is 13.0. The number of aliphatic hydroxyl groups is 5. The van der Waals surface area contributed by atoms with Crippen molar-refractivity contribution in [2.75, 3.05) is 13.2 Å². The Morgan fingerprint density at radius 3 is 1.38 bits per heavy atom. The number of amides is 1. The fraction of sp³-hybridized carbons (Fsp3) is 0.904. The summed E-state index contributed by atoms with van der Waals surface area (Å²) in [5, 5.41) is 54.2. The third-order valence-electron chi connectivity index (χ3n) is 12.5. The van der Waals surface area contributed by atoms with Crippen molar-refractivity contribution in [3.8, 4) is 0 Å². The maximum Gasteiger partial charge on any atom is 0.220 e. The van der Waals surface area contributed by atoms with Crippen molar-refractivity contribution in [2.24, 2.45) is 0 Å². The van der Waals surface area contributed by atoms with Gasteiger partial charge in [0.25, 0.3) is 0 Å². The predicted molar refractivity (Wildman–Crippen MR) is 253 cm³/mol. The lowest BCUT2D eigenvalue weighted by Crippen LogP contribution is -2.60. The summed E-state index contributed by atoms with van der Waals surface area (Å²) in [5.74, 6) is -0.183. The Kier molecular flexibility index (Phi) is 40.3. The third kappa shape index (κ3) is 32.9. The van der Waals surface area contributed by atoms with Gasteiger partial charge in [-0.05, 0) is 32.1 Å². The molecule has 7 atom stereocenters. The highest BCUT2D eigenvalue weighted by Crippen LogP contribution is 2.23. The topological polar surface area (TPSA) is 149 Å². The van der Waals surface area contributed by atoms with E-state index >= 15 is 0 Å². The molecule has 1 amide bonds. The van der Waals surface area contributed by atoms with Crippen LogP contribution in [0.5, 0.6) is 0 Å². The third-order valence-corrected chi connectivity index (χ3v) is 12.5. The Balaban J connectivity index is 2.19. The average Bonchev–Trinajstić information content (AvgIpc) is 3.26. The van der Waals surface area contributed by atoms with Gasteiger partial charge in [0.1, 0.15) is 24.4 Å². The molecule has 0 aromatic carbocycles. The first-order chi connectivity index (χ1) is 29.8. The van der Waals surface area contributed by atoms with Crippen molar-refractivity contribution in [2.45, 2.75) is 288 Å². The molecular weight excluding hydrogens is 767 g/mol. The van der Waals surface area contributed by atoms with E-state index in [9.17, 15) is 30.3 Å². The van der Waals surface area contributed by atoms with Crippen molar-refractivity contribution in [1.82, 2.24) is 5.32 Å². The highest BCUT2D eigenvalue weighted by molar-refractivity contribution is 5.76. The van der Waals surface area contributed by atoms with Gasteiger partial charge in [-0.2, -0.15) is 0 Å². The van der Waals surface area contributed by atoms with Crippen LogP contribution in [0.2, 0.25) is 0 Å². The standard InChI is InChI=1S/C52H99NO8/c1-3-5-7-9-11-13-15-17-18-19-20-21-22-23-24-25-26-27-28-29-30-32-34-36-38-40-42-48(56)53-45(44-60-52-51(59)50(58)49(57)47(43-54)61-52)46(55)41-39-37-35-33-31-16-14-12-10-8-6-4-2/h31,33,39,41,45-47,49-52,54-55,57-59H,3-30,32,34-38,40,42-44H2,1-2H3,(H,53,56)/b33-31+,41-39+. The van der Waals surface area contributed by atoms with Crippen molar-refractivity contribution in [3.63, 3.8) is 0 Å². The smallest absolute Gasteiger partial charge is 0.220 e. The Morgan fingerprint density at radius 2 is 0.934 bits per heavy atom. The number of hydrogen-bond donors (Lipinski definition) is 6. The van der Waals surface area contributed by atoms with Gasteiger partial charge >= 0.3 is 0 Å². The molecule has 0 spiro atoms. The molecule has 1 saturated heterocycles. The van der Waals surface area contributed by atoms with E-state index in [1.165, 1.54) is 186 Å². The minimum absolute atomic E-state index is 0.183. The lowest BCUT2D eigenvalue weighted by atomic mass is 9.99. The number of hydrogen-bond acceptors (Lipinski definition) is 8. The van der Waals surface area contributed by atoms with E-state index < -0.39 is 49.5 Å². The molecule has 9 nitrogen and oxygen atoms in total. The van der Waals surface area contributed by atoms with Crippen LogP contribution in [-0.2, 0) is 14.3 Å². The van der Waals surface area contributed by atoms with Gasteiger partial charge < -0.3 is 40.3 Å². The quantitative estimate of drug-likeness (QED) is 0.0262. The molecule has 1 heterocycles. The molecule has 0 aliphatic carbocycles. The van der Waals surface area contributed by atoms with Crippen LogP contribution < -0.4 is 5.32 Å². The molecule has 0 bridgehead atoms. The van der Waals surface area contributed by atoms with Gasteiger partial charge in [-0.1, -0.05) is 231 Å². The lowest BCUT2D eigenvalue weighted by Gasteiger charge is -2.40.